The van der Waals surface area contributed by atoms with Gasteiger partial charge in [0.2, 0.25) is 21.7 Å². The molecule has 11 heteroatoms. The van der Waals surface area contributed by atoms with Gasteiger partial charge >= 0.3 is 0 Å². The SMILES string of the molecule is Cc1noc(C)c1S(=O)(=O)N1CCN(Cc2nc(-c3ccco3)no2)CC1. The van der Waals surface area contributed by atoms with Crippen molar-refractivity contribution in [2.75, 3.05) is 26.2 Å². The van der Waals surface area contributed by atoms with Crippen molar-refractivity contribution in [3.63, 3.8) is 0 Å². The summed E-state index contributed by atoms with van der Waals surface area (Å²) >= 11 is 0. The average Bonchev–Trinajstić information content (AvgIpc) is 3.37. The van der Waals surface area contributed by atoms with Crippen LogP contribution in [0.3, 0.4) is 0 Å². The standard InChI is InChI=1S/C16H19N5O5S/c1-11-15(12(2)25-18-11)27(22,23)21-7-5-20(6-8-21)10-14-17-16(19-26-14)13-4-3-9-24-13/h3-4,9H,5-8,10H2,1-2H3. The van der Waals surface area contributed by atoms with Crippen molar-refractivity contribution >= 4 is 10.0 Å². The highest BCUT2D eigenvalue weighted by molar-refractivity contribution is 7.89. The molecule has 144 valence electrons. The first kappa shape index (κ1) is 17.9. The second-order valence-electron chi connectivity index (χ2n) is 6.32. The number of hydrogen-bond donors (Lipinski definition) is 0. The van der Waals surface area contributed by atoms with Gasteiger partial charge in [-0.25, -0.2) is 8.42 Å². The smallest absolute Gasteiger partial charge is 0.248 e. The number of aryl methyl sites for hydroxylation is 2. The molecule has 0 bridgehead atoms. The first-order chi connectivity index (χ1) is 12.9. The molecule has 3 aromatic heterocycles. The Kier molecular flexibility index (Phi) is 4.58. The van der Waals surface area contributed by atoms with Crippen molar-refractivity contribution in [1.82, 2.24) is 24.5 Å². The highest BCUT2D eigenvalue weighted by atomic mass is 32.2. The van der Waals surface area contributed by atoms with E-state index < -0.39 is 10.0 Å². The van der Waals surface area contributed by atoms with Crippen molar-refractivity contribution in [3.8, 4) is 11.6 Å². The topological polar surface area (TPSA) is 119 Å². The van der Waals surface area contributed by atoms with E-state index in [0.717, 1.165) is 0 Å². The van der Waals surface area contributed by atoms with Crippen LogP contribution in [0.2, 0.25) is 0 Å². The van der Waals surface area contributed by atoms with Gasteiger partial charge < -0.3 is 13.5 Å². The molecule has 3 aromatic rings. The third kappa shape index (κ3) is 3.40. The van der Waals surface area contributed by atoms with Gasteiger partial charge in [0.25, 0.3) is 0 Å². The molecule has 0 aliphatic carbocycles. The molecule has 0 unspecified atom stereocenters. The maximum absolute atomic E-state index is 12.8. The summed E-state index contributed by atoms with van der Waals surface area (Å²) in [4.78, 5) is 6.54. The minimum atomic E-state index is -3.62. The molecule has 27 heavy (non-hydrogen) atoms. The normalized spacial score (nSPS) is 16.8. The van der Waals surface area contributed by atoms with Crippen LogP contribution in [0, 0.1) is 13.8 Å². The average molecular weight is 393 g/mol. The zero-order valence-electron chi connectivity index (χ0n) is 15.0. The van der Waals surface area contributed by atoms with Crippen molar-refractivity contribution in [2.45, 2.75) is 25.3 Å². The molecule has 1 fully saturated rings. The van der Waals surface area contributed by atoms with E-state index in [-0.39, 0.29) is 4.90 Å². The van der Waals surface area contributed by atoms with Gasteiger partial charge in [-0.3, -0.25) is 4.90 Å². The fourth-order valence-electron chi connectivity index (χ4n) is 3.12. The van der Waals surface area contributed by atoms with Crippen LogP contribution in [0.15, 0.2) is 36.8 Å². The summed E-state index contributed by atoms with van der Waals surface area (Å²) in [6.45, 7) is 5.54. The van der Waals surface area contributed by atoms with E-state index in [0.29, 0.717) is 61.7 Å². The van der Waals surface area contributed by atoms with Crippen molar-refractivity contribution < 1.29 is 21.9 Å². The Morgan fingerprint density at radius 1 is 1.11 bits per heavy atom. The summed E-state index contributed by atoms with van der Waals surface area (Å²) < 4.78 is 42.7. The Labute approximate surface area is 155 Å². The monoisotopic (exact) mass is 393 g/mol. The summed E-state index contributed by atoms with van der Waals surface area (Å²) in [5.41, 5.74) is 0.381. The van der Waals surface area contributed by atoms with Crippen molar-refractivity contribution in [2.24, 2.45) is 0 Å². The Balaban J connectivity index is 1.39. The van der Waals surface area contributed by atoms with E-state index >= 15 is 0 Å². The number of piperazine rings is 1. The number of aromatic nitrogens is 3. The second-order valence-corrected chi connectivity index (χ2v) is 8.20. The molecule has 0 N–H and O–H groups in total. The summed E-state index contributed by atoms with van der Waals surface area (Å²) in [7, 11) is -3.62. The molecule has 4 rings (SSSR count). The zero-order valence-corrected chi connectivity index (χ0v) is 15.8. The van der Waals surface area contributed by atoms with Crippen LogP contribution in [-0.2, 0) is 16.6 Å². The quantitative estimate of drug-likeness (QED) is 0.634. The Morgan fingerprint density at radius 3 is 2.52 bits per heavy atom. The van der Waals surface area contributed by atoms with E-state index in [2.05, 4.69) is 20.2 Å². The van der Waals surface area contributed by atoms with Crippen LogP contribution in [0.1, 0.15) is 17.3 Å². The zero-order chi connectivity index (χ0) is 19.0. The van der Waals surface area contributed by atoms with Gasteiger partial charge in [-0.05, 0) is 26.0 Å². The summed E-state index contributed by atoms with van der Waals surface area (Å²) in [5.74, 6) is 1.71. The molecule has 10 nitrogen and oxygen atoms in total. The summed E-state index contributed by atoms with van der Waals surface area (Å²) in [6.07, 6.45) is 1.55. The molecule has 1 saturated heterocycles. The van der Waals surface area contributed by atoms with Crippen LogP contribution in [0.5, 0.6) is 0 Å². The number of nitrogens with zero attached hydrogens (tertiary/aromatic N) is 5. The molecule has 0 radical (unpaired) electrons. The number of sulfonamides is 1. The second kappa shape index (κ2) is 6.91. The first-order valence-electron chi connectivity index (χ1n) is 8.47. The maximum Gasteiger partial charge on any atom is 0.248 e. The van der Waals surface area contributed by atoms with Crippen LogP contribution in [0.4, 0.5) is 0 Å². The Bertz CT molecular complexity index is 996. The van der Waals surface area contributed by atoms with E-state index in [1.807, 2.05) is 0 Å². The maximum atomic E-state index is 12.8. The van der Waals surface area contributed by atoms with Gasteiger partial charge in [-0.1, -0.05) is 10.3 Å². The third-order valence-corrected chi connectivity index (χ3v) is 6.61. The lowest BCUT2D eigenvalue weighted by Crippen LogP contribution is -2.48. The predicted molar refractivity (Wildman–Crippen MR) is 92.0 cm³/mol. The highest BCUT2D eigenvalue weighted by Crippen LogP contribution is 2.24. The van der Waals surface area contributed by atoms with E-state index in [1.165, 1.54) is 4.31 Å². The molecule has 0 aromatic carbocycles. The van der Waals surface area contributed by atoms with Gasteiger partial charge in [0, 0.05) is 26.2 Å². The number of furan rings is 1. The Hall–Kier alpha value is -2.50. The minimum Gasteiger partial charge on any atom is -0.461 e. The van der Waals surface area contributed by atoms with Gasteiger partial charge in [-0.15, -0.1) is 0 Å². The third-order valence-electron chi connectivity index (χ3n) is 4.47. The van der Waals surface area contributed by atoms with Gasteiger partial charge in [0.15, 0.2) is 11.5 Å². The van der Waals surface area contributed by atoms with Crippen LogP contribution < -0.4 is 0 Å². The van der Waals surface area contributed by atoms with Crippen LogP contribution >= 0.6 is 0 Å². The molecule has 0 saturated carbocycles. The van der Waals surface area contributed by atoms with Gasteiger partial charge in [0.05, 0.1) is 12.8 Å². The van der Waals surface area contributed by atoms with Gasteiger partial charge in [0.1, 0.15) is 10.6 Å². The summed E-state index contributed by atoms with van der Waals surface area (Å²) in [6, 6.07) is 3.51. The number of rotatable bonds is 5. The Morgan fingerprint density at radius 2 is 1.89 bits per heavy atom. The molecule has 4 heterocycles. The van der Waals surface area contributed by atoms with Crippen LogP contribution in [0.25, 0.3) is 11.6 Å². The van der Waals surface area contributed by atoms with Crippen LogP contribution in [-0.4, -0.2) is 59.1 Å². The molecule has 0 atom stereocenters. The lowest BCUT2D eigenvalue weighted by molar-refractivity contribution is 0.163. The largest absolute Gasteiger partial charge is 0.461 e. The lowest BCUT2D eigenvalue weighted by atomic mass is 10.3. The van der Waals surface area contributed by atoms with Crippen molar-refractivity contribution in [1.29, 1.82) is 0 Å². The molecular formula is C16H19N5O5S. The fraction of sp³-hybridized carbons (Fsp3) is 0.438. The first-order valence-corrected chi connectivity index (χ1v) is 9.91. The molecule has 1 aliphatic heterocycles. The highest BCUT2D eigenvalue weighted by Gasteiger charge is 2.33. The van der Waals surface area contributed by atoms with E-state index in [1.54, 1.807) is 32.2 Å². The minimum absolute atomic E-state index is 0.163. The predicted octanol–water partition coefficient (Wildman–Crippen LogP) is 1.44. The summed E-state index contributed by atoms with van der Waals surface area (Å²) in [5, 5.41) is 7.65. The molecule has 0 spiro atoms. The molecule has 0 amide bonds. The van der Waals surface area contributed by atoms with E-state index in [4.69, 9.17) is 13.5 Å². The molecular weight excluding hydrogens is 374 g/mol. The lowest BCUT2D eigenvalue weighted by Gasteiger charge is -2.32. The van der Waals surface area contributed by atoms with E-state index in [9.17, 15) is 8.42 Å². The number of hydrogen-bond acceptors (Lipinski definition) is 9. The fourth-order valence-corrected chi connectivity index (χ4v) is 4.83. The molecule has 1 aliphatic rings. The van der Waals surface area contributed by atoms with Crippen molar-refractivity contribution in [3.05, 3.63) is 35.7 Å². The van der Waals surface area contributed by atoms with Gasteiger partial charge in [-0.2, -0.15) is 9.29 Å².